The summed E-state index contributed by atoms with van der Waals surface area (Å²) in [6.07, 6.45) is 2.33. The topological polar surface area (TPSA) is 50.4 Å². The van der Waals surface area contributed by atoms with Gasteiger partial charge in [0.05, 0.1) is 6.04 Å². The minimum absolute atomic E-state index is 0.343. The quantitative estimate of drug-likeness (QED) is 0.582. The van der Waals surface area contributed by atoms with Crippen molar-refractivity contribution in [2.75, 3.05) is 13.1 Å². The summed E-state index contributed by atoms with van der Waals surface area (Å²) in [4.78, 5) is 4.57. The number of nitrogens with one attached hydrogen (secondary N) is 1. The molecule has 1 unspecified atom stereocenters. The Labute approximate surface area is 96.8 Å². The lowest BCUT2D eigenvalue weighted by Gasteiger charge is -2.19. The lowest BCUT2D eigenvalue weighted by Crippen LogP contribution is -2.34. The summed E-state index contributed by atoms with van der Waals surface area (Å²) in [6.45, 7) is 4.13. The van der Waals surface area contributed by atoms with Gasteiger partial charge in [0.15, 0.2) is 0 Å². The number of amidine groups is 1. The van der Waals surface area contributed by atoms with Crippen LogP contribution in [0.5, 0.6) is 0 Å². The molecular formula is C13H19N3. The van der Waals surface area contributed by atoms with Crippen LogP contribution < -0.4 is 11.1 Å². The van der Waals surface area contributed by atoms with Gasteiger partial charge in [-0.05, 0) is 26.3 Å². The van der Waals surface area contributed by atoms with Gasteiger partial charge in [-0.2, -0.15) is 0 Å². The maximum Gasteiger partial charge on any atom is 0.125 e. The van der Waals surface area contributed by atoms with Gasteiger partial charge in [-0.15, -0.1) is 0 Å². The summed E-state index contributed by atoms with van der Waals surface area (Å²) in [6, 6.07) is 8.54. The number of nitrogens with zero attached hydrogens (tertiary/aromatic N) is 1. The molecule has 1 atom stereocenters. The smallest absolute Gasteiger partial charge is 0.125 e. The fraction of sp³-hybridized carbons (Fsp3) is 0.462. The molecule has 0 amide bonds. The Bertz CT molecular complexity index is 361. The number of rotatable bonds is 2. The lowest BCUT2D eigenvalue weighted by atomic mass is 10.1. The Kier molecular flexibility index (Phi) is 3.57. The number of hydrogen-bond acceptors (Lipinski definition) is 2. The summed E-state index contributed by atoms with van der Waals surface area (Å²) in [5.74, 6) is 0.661. The van der Waals surface area contributed by atoms with Crippen LogP contribution in [0.2, 0.25) is 0 Å². The molecule has 0 aromatic heterocycles. The number of aryl methyl sites for hydroxylation is 1. The molecule has 1 fully saturated rings. The van der Waals surface area contributed by atoms with Gasteiger partial charge in [-0.1, -0.05) is 29.8 Å². The third-order valence-electron chi connectivity index (χ3n) is 2.94. The van der Waals surface area contributed by atoms with E-state index in [0.717, 1.165) is 25.1 Å². The second-order valence-corrected chi connectivity index (χ2v) is 4.38. The molecule has 1 saturated heterocycles. The first-order valence-electron chi connectivity index (χ1n) is 5.87. The highest BCUT2D eigenvalue weighted by molar-refractivity contribution is 5.97. The Morgan fingerprint density at radius 2 is 2.12 bits per heavy atom. The van der Waals surface area contributed by atoms with Crippen molar-refractivity contribution in [2.24, 2.45) is 10.7 Å². The van der Waals surface area contributed by atoms with E-state index in [9.17, 15) is 0 Å². The predicted molar refractivity (Wildman–Crippen MR) is 67.8 cm³/mol. The maximum atomic E-state index is 6.00. The molecule has 1 aliphatic heterocycles. The highest BCUT2D eigenvalue weighted by Crippen LogP contribution is 2.08. The molecule has 0 saturated carbocycles. The van der Waals surface area contributed by atoms with Crippen LogP contribution in [0.15, 0.2) is 29.3 Å². The number of benzene rings is 1. The molecule has 0 bridgehead atoms. The van der Waals surface area contributed by atoms with E-state index in [4.69, 9.17) is 5.73 Å². The van der Waals surface area contributed by atoms with Gasteiger partial charge in [0.1, 0.15) is 5.84 Å². The summed E-state index contributed by atoms with van der Waals surface area (Å²) in [5, 5.41) is 3.34. The molecule has 3 nitrogen and oxygen atoms in total. The van der Waals surface area contributed by atoms with E-state index < -0.39 is 0 Å². The van der Waals surface area contributed by atoms with E-state index in [0.29, 0.717) is 11.9 Å². The second-order valence-electron chi connectivity index (χ2n) is 4.38. The third kappa shape index (κ3) is 2.83. The number of aliphatic imine (C=N–C) groups is 1. The van der Waals surface area contributed by atoms with Gasteiger partial charge in [-0.3, -0.25) is 4.99 Å². The molecular weight excluding hydrogens is 198 g/mol. The van der Waals surface area contributed by atoms with Crippen LogP contribution in [-0.2, 0) is 0 Å². The SMILES string of the molecule is Cc1ccc(C(N)=NC2CCCNC2)cc1. The van der Waals surface area contributed by atoms with Gasteiger partial charge in [0, 0.05) is 12.1 Å². The molecule has 1 heterocycles. The maximum absolute atomic E-state index is 6.00. The molecule has 1 aromatic carbocycles. The van der Waals surface area contributed by atoms with Gasteiger partial charge in [0.25, 0.3) is 0 Å². The Morgan fingerprint density at radius 1 is 1.38 bits per heavy atom. The zero-order valence-corrected chi connectivity index (χ0v) is 9.74. The minimum atomic E-state index is 0.343. The van der Waals surface area contributed by atoms with Crippen LogP contribution in [-0.4, -0.2) is 25.0 Å². The Hall–Kier alpha value is -1.35. The molecule has 1 aliphatic rings. The lowest BCUT2D eigenvalue weighted by molar-refractivity contribution is 0.461. The Morgan fingerprint density at radius 3 is 2.75 bits per heavy atom. The molecule has 86 valence electrons. The molecule has 0 radical (unpaired) electrons. The summed E-state index contributed by atoms with van der Waals surface area (Å²) in [7, 11) is 0. The van der Waals surface area contributed by atoms with Gasteiger partial charge >= 0.3 is 0 Å². The zero-order chi connectivity index (χ0) is 11.4. The van der Waals surface area contributed by atoms with Crippen molar-refractivity contribution >= 4 is 5.84 Å². The first-order chi connectivity index (χ1) is 7.75. The van der Waals surface area contributed by atoms with Crippen molar-refractivity contribution in [2.45, 2.75) is 25.8 Å². The third-order valence-corrected chi connectivity index (χ3v) is 2.94. The number of hydrogen-bond donors (Lipinski definition) is 2. The van der Waals surface area contributed by atoms with E-state index in [1.807, 2.05) is 12.1 Å². The van der Waals surface area contributed by atoms with Crippen molar-refractivity contribution < 1.29 is 0 Å². The van der Waals surface area contributed by atoms with Gasteiger partial charge in [-0.25, -0.2) is 0 Å². The van der Waals surface area contributed by atoms with E-state index in [2.05, 4.69) is 29.4 Å². The van der Waals surface area contributed by atoms with Crippen LogP contribution in [0.1, 0.15) is 24.0 Å². The van der Waals surface area contributed by atoms with Gasteiger partial charge in [0.2, 0.25) is 0 Å². The molecule has 2 rings (SSSR count). The van der Waals surface area contributed by atoms with Crippen molar-refractivity contribution in [1.82, 2.24) is 5.32 Å². The van der Waals surface area contributed by atoms with E-state index in [1.165, 1.54) is 12.0 Å². The van der Waals surface area contributed by atoms with Crippen molar-refractivity contribution in [1.29, 1.82) is 0 Å². The fourth-order valence-electron chi connectivity index (χ4n) is 1.94. The van der Waals surface area contributed by atoms with Crippen LogP contribution in [0.3, 0.4) is 0 Å². The standard InChI is InChI=1S/C13H19N3/c1-10-4-6-11(7-5-10)13(14)16-12-3-2-8-15-9-12/h4-7,12,15H,2-3,8-9H2,1H3,(H2,14,16). The van der Waals surface area contributed by atoms with Crippen LogP contribution in [0.4, 0.5) is 0 Å². The molecule has 0 spiro atoms. The summed E-state index contributed by atoms with van der Waals surface area (Å²) >= 11 is 0. The highest BCUT2D eigenvalue weighted by atomic mass is 15.0. The highest BCUT2D eigenvalue weighted by Gasteiger charge is 2.12. The van der Waals surface area contributed by atoms with Crippen LogP contribution >= 0.6 is 0 Å². The summed E-state index contributed by atoms with van der Waals surface area (Å²) < 4.78 is 0. The van der Waals surface area contributed by atoms with Crippen molar-refractivity contribution in [3.63, 3.8) is 0 Å². The molecule has 0 aliphatic carbocycles. The molecule has 16 heavy (non-hydrogen) atoms. The fourth-order valence-corrected chi connectivity index (χ4v) is 1.94. The Balaban J connectivity index is 2.07. The first-order valence-corrected chi connectivity index (χ1v) is 5.87. The van der Waals surface area contributed by atoms with E-state index in [1.54, 1.807) is 0 Å². The summed E-state index contributed by atoms with van der Waals surface area (Å²) in [5.41, 5.74) is 8.27. The average Bonchev–Trinajstić information content (AvgIpc) is 2.31. The monoisotopic (exact) mass is 217 g/mol. The van der Waals surface area contributed by atoms with Crippen molar-refractivity contribution in [3.05, 3.63) is 35.4 Å². The molecule has 3 N–H and O–H groups in total. The number of piperidine rings is 1. The predicted octanol–water partition coefficient (Wildman–Crippen LogP) is 1.45. The first kappa shape index (κ1) is 11.1. The van der Waals surface area contributed by atoms with E-state index >= 15 is 0 Å². The normalized spacial score (nSPS) is 22.1. The largest absolute Gasteiger partial charge is 0.383 e. The molecule has 1 aromatic rings. The second kappa shape index (κ2) is 5.12. The van der Waals surface area contributed by atoms with Crippen LogP contribution in [0, 0.1) is 6.92 Å². The molecule has 3 heteroatoms. The average molecular weight is 217 g/mol. The number of nitrogens with two attached hydrogens (primary N) is 1. The van der Waals surface area contributed by atoms with Crippen molar-refractivity contribution in [3.8, 4) is 0 Å². The van der Waals surface area contributed by atoms with E-state index in [-0.39, 0.29) is 0 Å². The van der Waals surface area contributed by atoms with Gasteiger partial charge < -0.3 is 11.1 Å². The zero-order valence-electron chi connectivity index (χ0n) is 9.74. The minimum Gasteiger partial charge on any atom is -0.383 e. The van der Waals surface area contributed by atoms with Crippen LogP contribution in [0.25, 0.3) is 0 Å².